The van der Waals surface area contributed by atoms with Crippen LogP contribution in [0.3, 0.4) is 0 Å². The molecular weight excluding hydrogens is 436 g/mol. The second kappa shape index (κ2) is 11.1. The van der Waals surface area contributed by atoms with E-state index in [1.807, 2.05) is 67.6 Å². The van der Waals surface area contributed by atoms with Gasteiger partial charge in [0, 0.05) is 5.92 Å². The van der Waals surface area contributed by atoms with Crippen LogP contribution in [0.25, 0.3) is 0 Å². The lowest BCUT2D eigenvalue weighted by Crippen LogP contribution is -2.48. The summed E-state index contributed by atoms with van der Waals surface area (Å²) in [6.45, 7) is 3.89. The van der Waals surface area contributed by atoms with Crippen molar-refractivity contribution in [2.45, 2.75) is 37.6 Å². The van der Waals surface area contributed by atoms with Crippen LogP contribution in [0, 0.1) is 18.8 Å². The number of hydrogen-bond acceptors (Lipinski definition) is 5. The zero-order valence-corrected chi connectivity index (χ0v) is 19.6. The molecule has 174 valence electrons. The molecule has 1 saturated carbocycles. The van der Waals surface area contributed by atoms with Gasteiger partial charge in [-0.15, -0.1) is 0 Å². The van der Waals surface area contributed by atoms with Gasteiger partial charge in [0.15, 0.2) is 0 Å². The van der Waals surface area contributed by atoms with Crippen LogP contribution in [0.2, 0.25) is 0 Å². The zero-order chi connectivity index (χ0) is 23.1. The molecule has 1 aliphatic rings. The van der Waals surface area contributed by atoms with Crippen LogP contribution < -0.4 is 0 Å². The van der Waals surface area contributed by atoms with Gasteiger partial charge in [0.05, 0.1) is 37.4 Å². The van der Waals surface area contributed by atoms with Crippen molar-refractivity contribution >= 4 is 10.1 Å². The average Bonchev–Trinajstić information content (AvgIpc) is 2.82. The summed E-state index contributed by atoms with van der Waals surface area (Å²) in [4.78, 5) is 0.181. The predicted molar refractivity (Wildman–Crippen MR) is 127 cm³/mol. The fourth-order valence-corrected chi connectivity index (χ4v) is 5.14. The molecule has 6 heteroatoms. The van der Waals surface area contributed by atoms with E-state index < -0.39 is 16.2 Å². The van der Waals surface area contributed by atoms with Gasteiger partial charge >= 0.3 is 0 Å². The highest BCUT2D eigenvalue weighted by molar-refractivity contribution is 7.86. The van der Waals surface area contributed by atoms with Crippen molar-refractivity contribution in [3.63, 3.8) is 0 Å². The van der Waals surface area contributed by atoms with Crippen LogP contribution in [-0.4, -0.2) is 27.7 Å². The summed E-state index contributed by atoms with van der Waals surface area (Å²) < 4.78 is 43.1. The lowest BCUT2D eigenvalue weighted by Gasteiger charge is -2.43. The minimum absolute atomic E-state index is 0.0512. The van der Waals surface area contributed by atoms with Crippen molar-refractivity contribution < 1.29 is 22.1 Å². The summed E-state index contributed by atoms with van der Waals surface area (Å²) in [5, 5.41) is 0. The Balaban J connectivity index is 1.36. The fraction of sp³-hybridized carbons (Fsp3) is 0.333. The number of benzene rings is 3. The van der Waals surface area contributed by atoms with E-state index in [-0.39, 0.29) is 16.7 Å². The van der Waals surface area contributed by atoms with E-state index in [9.17, 15) is 8.42 Å². The molecule has 3 aromatic rings. The van der Waals surface area contributed by atoms with Crippen LogP contribution in [0.1, 0.15) is 23.1 Å². The quantitative estimate of drug-likeness (QED) is 0.366. The van der Waals surface area contributed by atoms with Gasteiger partial charge in [-0.05, 0) is 42.5 Å². The van der Waals surface area contributed by atoms with E-state index in [0.717, 1.165) is 16.7 Å². The highest BCUT2D eigenvalue weighted by Gasteiger charge is 2.44. The maximum absolute atomic E-state index is 12.8. The molecular formula is C27H30O5S. The summed E-state index contributed by atoms with van der Waals surface area (Å²) in [6.07, 6.45) is 0.205. The molecule has 3 aromatic carbocycles. The summed E-state index contributed by atoms with van der Waals surface area (Å²) in [6, 6.07) is 26.7. The van der Waals surface area contributed by atoms with E-state index in [0.29, 0.717) is 32.8 Å². The molecule has 1 fully saturated rings. The Morgan fingerprint density at radius 3 is 1.88 bits per heavy atom. The van der Waals surface area contributed by atoms with Crippen LogP contribution >= 0.6 is 0 Å². The van der Waals surface area contributed by atoms with Crippen molar-refractivity contribution in [3.8, 4) is 0 Å². The van der Waals surface area contributed by atoms with E-state index in [4.69, 9.17) is 13.7 Å². The van der Waals surface area contributed by atoms with Gasteiger partial charge in [0.1, 0.15) is 0 Å². The topological polar surface area (TPSA) is 61.8 Å². The number of aryl methyl sites for hydroxylation is 1. The Labute approximate surface area is 196 Å². The highest BCUT2D eigenvalue weighted by atomic mass is 32.2. The minimum Gasteiger partial charge on any atom is -0.376 e. The van der Waals surface area contributed by atoms with Crippen molar-refractivity contribution in [2.75, 3.05) is 13.2 Å². The van der Waals surface area contributed by atoms with Gasteiger partial charge in [-0.25, -0.2) is 0 Å². The van der Waals surface area contributed by atoms with Gasteiger partial charge in [-0.3, -0.25) is 4.18 Å². The van der Waals surface area contributed by atoms with Crippen molar-refractivity contribution in [1.82, 2.24) is 0 Å². The van der Waals surface area contributed by atoms with Gasteiger partial charge in [0.2, 0.25) is 0 Å². The first kappa shape index (κ1) is 23.6. The fourth-order valence-electron chi connectivity index (χ4n) is 4.01. The lowest BCUT2D eigenvalue weighted by atomic mass is 9.72. The second-order valence-corrected chi connectivity index (χ2v) is 10.1. The first-order valence-electron chi connectivity index (χ1n) is 11.2. The maximum atomic E-state index is 12.8. The van der Waals surface area contributed by atoms with Crippen LogP contribution in [-0.2, 0) is 37.0 Å². The van der Waals surface area contributed by atoms with E-state index >= 15 is 0 Å². The molecule has 0 aromatic heterocycles. The third-order valence-electron chi connectivity index (χ3n) is 6.04. The van der Waals surface area contributed by atoms with Crippen molar-refractivity contribution in [1.29, 1.82) is 0 Å². The Morgan fingerprint density at radius 2 is 1.30 bits per heavy atom. The number of hydrogen-bond donors (Lipinski definition) is 0. The third-order valence-corrected chi connectivity index (χ3v) is 7.39. The van der Waals surface area contributed by atoms with Crippen LogP contribution in [0.5, 0.6) is 0 Å². The van der Waals surface area contributed by atoms with E-state index in [1.54, 1.807) is 24.3 Å². The van der Waals surface area contributed by atoms with E-state index in [2.05, 4.69) is 0 Å². The van der Waals surface area contributed by atoms with Gasteiger partial charge in [0.25, 0.3) is 10.1 Å². The highest BCUT2D eigenvalue weighted by Crippen LogP contribution is 2.39. The molecule has 1 aliphatic carbocycles. The first-order chi connectivity index (χ1) is 16.0. The maximum Gasteiger partial charge on any atom is 0.297 e. The summed E-state index contributed by atoms with van der Waals surface area (Å²) in [5.41, 5.74) is 3.20. The van der Waals surface area contributed by atoms with Gasteiger partial charge < -0.3 is 9.47 Å². The molecule has 0 radical (unpaired) electrons. The minimum atomic E-state index is -3.83. The average molecular weight is 467 g/mol. The smallest absolute Gasteiger partial charge is 0.297 e. The van der Waals surface area contributed by atoms with Gasteiger partial charge in [-0.1, -0.05) is 78.4 Å². The molecule has 0 N–H and O–H groups in total. The summed E-state index contributed by atoms with van der Waals surface area (Å²) in [7, 11) is -3.83. The second-order valence-electron chi connectivity index (χ2n) is 8.56. The molecule has 0 aliphatic heterocycles. The van der Waals surface area contributed by atoms with Crippen LogP contribution in [0.15, 0.2) is 89.8 Å². The molecule has 33 heavy (non-hydrogen) atoms. The Bertz CT molecular complexity index is 1100. The molecule has 0 saturated heterocycles. The van der Waals surface area contributed by atoms with E-state index in [1.165, 1.54) is 0 Å². The van der Waals surface area contributed by atoms with Crippen molar-refractivity contribution in [3.05, 3.63) is 102 Å². The molecule has 0 bridgehead atoms. The Hall–Kier alpha value is -2.51. The Morgan fingerprint density at radius 1 is 0.758 bits per heavy atom. The standard InChI is InChI=1S/C27H30O5S/c1-21-12-14-25(15-13-21)33(28,29)32-27-16-24(19-30-17-22-8-4-2-5-9-22)26(27)20-31-18-23-10-6-3-7-11-23/h2-15,24,26-27H,16-20H2,1H3/t24-,26+,27-/m0/s1. The summed E-state index contributed by atoms with van der Waals surface area (Å²) in [5.74, 6) is 0.132. The Kier molecular flexibility index (Phi) is 7.93. The predicted octanol–water partition coefficient (Wildman–Crippen LogP) is 5.14. The normalized spacial score (nSPS) is 20.3. The molecule has 3 atom stereocenters. The molecule has 0 spiro atoms. The van der Waals surface area contributed by atoms with Crippen LogP contribution in [0.4, 0.5) is 0 Å². The molecule has 0 amide bonds. The van der Waals surface area contributed by atoms with Gasteiger partial charge in [-0.2, -0.15) is 8.42 Å². The monoisotopic (exact) mass is 466 g/mol. The summed E-state index contributed by atoms with van der Waals surface area (Å²) >= 11 is 0. The SMILES string of the molecule is Cc1ccc(S(=O)(=O)O[C@H]2C[C@@H](COCc3ccccc3)[C@H]2COCc2ccccc2)cc1. The largest absolute Gasteiger partial charge is 0.376 e. The molecule has 5 nitrogen and oxygen atoms in total. The molecule has 0 unspecified atom stereocenters. The molecule has 0 heterocycles. The van der Waals surface area contributed by atoms with Crippen molar-refractivity contribution in [2.24, 2.45) is 11.8 Å². The molecule has 4 rings (SSSR count). The third kappa shape index (κ3) is 6.51. The first-order valence-corrected chi connectivity index (χ1v) is 12.7. The zero-order valence-electron chi connectivity index (χ0n) is 18.8. The number of ether oxygens (including phenoxy) is 2. The number of rotatable bonds is 11. The lowest BCUT2D eigenvalue weighted by molar-refractivity contribution is -0.0932.